The Morgan fingerprint density at radius 2 is 1.72 bits per heavy atom. The maximum absolute atomic E-state index is 13.0. The number of aromatic nitrogens is 4. The lowest BCUT2D eigenvalue weighted by molar-refractivity contribution is 0.430. The van der Waals surface area contributed by atoms with Gasteiger partial charge in [-0.3, -0.25) is 19.3 Å². The molecule has 0 fully saturated rings. The third kappa shape index (κ3) is 3.58. The van der Waals surface area contributed by atoms with E-state index in [1.807, 2.05) is 18.2 Å². The molecule has 0 saturated carbocycles. The monoisotopic (exact) mass is 451 g/mol. The molecule has 0 amide bonds. The van der Waals surface area contributed by atoms with Crippen LogP contribution in [0.5, 0.6) is 5.88 Å². The Kier molecular flexibility index (Phi) is 5.41. The minimum absolute atomic E-state index is 0.0932. The van der Waals surface area contributed by atoms with Gasteiger partial charge in [0.1, 0.15) is 5.56 Å². The zero-order chi connectivity index (χ0) is 23.0. The van der Waals surface area contributed by atoms with E-state index in [2.05, 4.69) is 9.98 Å². The molecule has 4 aromatic rings. The average molecular weight is 452 g/mol. The van der Waals surface area contributed by atoms with Gasteiger partial charge in [0.15, 0.2) is 5.69 Å². The van der Waals surface area contributed by atoms with Gasteiger partial charge in [-0.25, -0.2) is 19.0 Å². The number of para-hydroxylation sites is 1. The third-order valence-electron chi connectivity index (χ3n) is 5.03. The summed E-state index contributed by atoms with van der Waals surface area (Å²) in [4.78, 5) is 44.0. The SMILES string of the molecule is Cc1c(N=Cc2c(O)n(-c3cccc(Cl)c3)c(=O)[nH]c2=O)c(=O)n(-c2ccccc2)n1C. The molecule has 2 heterocycles. The number of aromatic hydroxyl groups is 1. The normalized spacial score (nSPS) is 11.3. The van der Waals surface area contributed by atoms with Crippen LogP contribution >= 0.6 is 11.6 Å². The molecule has 4 rings (SSSR count). The van der Waals surface area contributed by atoms with Crippen LogP contribution in [0.4, 0.5) is 5.69 Å². The van der Waals surface area contributed by atoms with Gasteiger partial charge in [0.25, 0.3) is 11.1 Å². The molecule has 2 N–H and O–H groups in total. The minimum atomic E-state index is -0.841. The van der Waals surface area contributed by atoms with E-state index in [0.29, 0.717) is 16.4 Å². The molecule has 0 bridgehead atoms. The predicted molar refractivity (Wildman–Crippen MR) is 122 cm³/mol. The van der Waals surface area contributed by atoms with Crippen molar-refractivity contribution < 1.29 is 5.11 Å². The molecular formula is C22H18ClN5O4. The van der Waals surface area contributed by atoms with Crippen molar-refractivity contribution in [3.05, 3.63) is 102 Å². The summed E-state index contributed by atoms with van der Waals surface area (Å²) in [6.45, 7) is 1.71. The van der Waals surface area contributed by atoms with Crippen LogP contribution in [0, 0.1) is 6.92 Å². The Morgan fingerprint density at radius 3 is 2.41 bits per heavy atom. The number of benzene rings is 2. The highest BCUT2D eigenvalue weighted by Gasteiger charge is 2.17. The molecule has 0 radical (unpaired) electrons. The van der Waals surface area contributed by atoms with Gasteiger partial charge in [-0.05, 0) is 37.3 Å². The van der Waals surface area contributed by atoms with Gasteiger partial charge in [-0.2, -0.15) is 0 Å². The van der Waals surface area contributed by atoms with E-state index < -0.39 is 22.7 Å². The number of halogens is 1. The molecule has 0 aliphatic rings. The Balaban J connectivity index is 1.85. The molecule has 10 heteroatoms. The first-order chi connectivity index (χ1) is 15.3. The average Bonchev–Trinajstić information content (AvgIpc) is 2.97. The fourth-order valence-electron chi connectivity index (χ4n) is 3.34. The topological polar surface area (TPSA) is 114 Å². The summed E-state index contributed by atoms with van der Waals surface area (Å²) in [6.07, 6.45) is 1.06. The zero-order valence-corrected chi connectivity index (χ0v) is 17.9. The Morgan fingerprint density at radius 1 is 1.03 bits per heavy atom. The molecular weight excluding hydrogens is 434 g/mol. The molecule has 2 aromatic carbocycles. The van der Waals surface area contributed by atoms with Crippen molar-refractivity contribution in [3.8, 4) is 17.3 Å². The molecule has 0 aliphatic heterocycles. The second-order valence-corrected chi connectivity index (χ2v) is 7.42. The summed E-state index contributed by atoms with van der Waals surface area (Å²) in [6, 6.07) is 15.2. The second-order valence-electron chi connectivity index (χ2n) is 6.98. The van der Waals surface area contributed by atoms with Gasteiger partial charge in [-0.15, -0.1) is 0 Å². The van der Waals surface area contributed by atoms with Crippen LogP contribution in [0.2, 0.25) is 5.02 Å². The summed E-state index contributed by atoms with van der Waals surface area (Å²) in [7, 11) is 1.71. The van der Waals surface area contributed by atoms with Crippen molar-refractivity contribution in [2.75, 3.05) is 0 Å². The lowest BCUT2D eigenvalue weighted by atomic mass is 10.3. The smallest absolute Gasteiger partial charge is 0.335 e. The lowest BCUT2D eigenvalue weighted by Gasteiger charge is -2.09. The van der Waals surface area contributed by atoms with Crippen LogP contribution in [-0.2, 0) is 7.05 Å². The number of aliphatic imine (C=N–C) groups is 1. The van der Waals surface area contributed by atoms with E-state index in [1.54, 1.807) is 49.0 Å². The van der Waals surface area contributed by atoms with Gasteiger partial charge in [0, 0.05) is 18.3 Å². The number of rotatable bonds is 4. The van der Waals surface area contributed by atoms with E-state index in [0.717, 1.165) is 10.8 Å². The summed E-state index contributed by atoms with van der Waals surface area (Å²) >= 11 is 5.98. The Labute approximate surface area is 186 Å². The molecule has 0 aliphatic carbocycles. The molecule has 9 nitrogen and oxygen atoms in total. The van der Waals surface area contributed by atoms with Crippen molar-refractivity contribution in [2.45, 2.75) is 6.92 Å². The van der Waals surface area contributed by atoms with Crippen LogP contribution in [0.25, 0.3) is 11.4 Å². The first-order valence-electron chi connectivity index (χ1n) is 9.52. The van der Waals surface area contributed by atoms with E-state index >= 15 is 0 Å². The largest absolute Gasteiger partial charge is 0.493 e. The van der Waals surface area contributed by atoms with Crippen molar-refractivity contribution in [3.63, 3.8) is 0 Å². The van der Waals surface area contributed by atoms with Crippen LogP contribution < -0.4 is 16.8 Å². The molecule has 0 spiro atoms. The predicted octanol–water partition coefficient (Wildman–Crippen LogP) is 2.43. The van der Waals surface area contributed by atoms with Gasteiger partial charge >= 0.3 is 5.69 Å². The zero-order valence-electron chi connectivity index (χ0n) is 17.1. The van der Waals surface area contributed by atoms with E-state index in [9.17, 15) is 19.5 Å². The van der Waals surface area contributed by atoms with Crippen molar-refractivity contribution in [2.24, 2.45) is 12.0 Å². The van der Waals surface area contributed by atoms with Crippen molar-refractivity contribution >= 4 is 23.5 Å². The Bertz CT molecular complexity index is 1530. The number of aromatic amines is 1. The van der Waals surface area contributed by atoms with Crippen molar-refractivity contribution in [1.29, 1.82) is 0 Å². The highest BCUT2D eigenvalue weighted by atomic mass is 35.5. The molecule has 0 saturated heterocycles. The summed E-state index contributed by atoms with van der Waals surface area (Å²) in [5, 5.41) is 11.0. The first-order valence-corrected chi connectivity index (χ1v) is 9.89. The van der Waals surface area contributed by atoms with Gasteiger partial charge in [-0.1, -0.05) is 35.9 Å². The standard InChI is InChI=1S/C22H18ClN5O4/c1-13-18(21(31)28(26(13)2)15-8-4-3-5-9-15)24-12-17-19(29)25-22(32)27(20(17)30)16-10-6-7-14(23)11-16/h3-12,30H,1-2H3,(H,25,29,32). The van der Waals surface area contributed by atoms with Crippen molar-refractivity contribution in [1.82, 2.24) is 18.9 Å². The van der Waals surface area contributed by atoms with Crippen LogP contribution in [-0.4, -0.2) is 30.2 Å². The molecule has 162 valence electrons. The fraction of sp³-hybridized carbons (Fsp3) is 0.0909. The number of nitrogens with zero attached hydrogens (tertiary/aromatic N) is 4. The van der Waals surface area contributed by atoms with Gasteiger partial charge < -0.3 is 5.11 Å². The van der Waals surface area contributed by atoms with E-state index in [-0.39, 0.29) is 16.9 Å². The van der Waals surface area contributed by atoms with Crippen LogP contribution in [0.15, 0.2) is 74.0 Å². The first kappa shape index (κ1) is 21.1. The van der Waals surface area contributed by atoms with Crippen LogP contribution in [0.1, 0.15) is 11.3 Å². The lowest BCUT2D eigenvalue weighted by Crippen LogP contribution is -2.31. The Hall–Kier alpha value is -4.11. The third-order valence-corrected chi connectivity index (χ3v) is 5.27. The van der Waals surface area contributed by atoms with E-state index in [1.165, 1.54) is 10.7 Å². The maximum Gasteiger partial charge on any atom is 0.335 e. The summed E-state index contributed by atoms with van der Waals surface area (Å²) in [5.74, 6) is -0.623. The molecule has 0 unspecified atom stereocenters. The molecule has 0 atom stereocenters. The fourth-order valence-corrected chi connectivity index (χ4v) is 3.53. The number of H-pyrrole nitrogens is 1. The molecule has 2 aromatic heterocycles. The van der Waals surface area contributed by atoms with Gasteiger partial charge in [0.05, 0.1) is 17.1 Å². The van der Waals surface area contributed by atoms with Gasteiger partial charge in [0.2, 0.25) is 5.88 Å². The summed E-state index contributed by atoms with van der Waals surface area (Å²) < 4.78 is 3.98. The van der Waals surface area contributed by atoms with Crippen LogP contribution in [0.3, 0.4) is 0 Å². The molecule has 32 heavy (non-hydrogen) atoms. The maximum atomic E-state index is 13.0. The quantitative estimate of drug-likeness (QED) is 0.464. The number of hydrogen-bond donors (Lipinski definition) is 2. The summed E-state index contributed by atoms with van der Waals surface area (Å²) in [5.41, 5.74) is -0.802. The highest BCUT2D eigenvalue weighted by molar-refractivity contribution is 6.30. The second kappa shape index (κ2) is 8.20. The number of hydrogen-bond acceptors (Lipinski definition) is 5. The highest BCUT2D eigenvalue weighted by Crippen LogP contribution is 2.20. The number of nitrogens with one attached hydrogen (secondary N) is 1. The van der Waals surface area contributed by atoms with E-state index in [4.69, 9.17) is 11.6 Å². The minimum Gasteiger partial charge on any atom is -0.493 e.